The number of nitrogens with one attached hydrogen (secondary N) is 1. The molecule has 1 atom stereocenters. The molecule has 2 amide bonds. The molecule has 0 fully saturated rings. The average molecular weight is 366 g/mol. The van der Waals surface area contributed by atoms with Crippen LogP contribution in [0.4, 0.5) is 4.79 Å². The third kappa shape index (κ3) is 8.00. The molecule has 0 radical (unpaired) electrons. The van der Waals surface area contributed by atoms with E-state index in [4.69, 9.17) is 4.74 Å². The molecule has 146 valence electrons. The minimum atomic E-state index is -1.28. The summed E-state index contributed by atoms with van der Waals surface area (Å²) in [6, 6.07) is 9.27. The van der Waals surface area contributed by atoms with Crippen molar-refractivity contribution in [1.82, 2.24) is 10.2 Å². The molecule has 0 aliphatic rings. The van der Waals surface area contributed by atoms with Crippen molar-refractivity contribution < 1.29 is 24.2 Å². The van der Waals surface area contributed by atoms with Gasteiger partial charge in [0.05, 0.1) is 0 Å². The zero-order valence-corrected chi connectivity index (χ0v) is 16.4. The molecule has 0 saturated heterocycles. The lowest BCUT2D eigenvalue weighted by Crippen LogP contribution is -2.54. The number of hydrogen-bond donors (Lipinski definition) is 2. The Bertz CT molecular complexity index is 589. The van der Waals surface area contributed by atoms with Crippen LogP contribution >= 0.6 is 0 Å². The van der Waals surface area contributed by atoms with Gasteiger partial charge in [0.15, 0.2) is 0 Å². The molecule has 1 rings (SSSR count). The third-order valence-corrected chi connectivity index (χ3v) is 3.84. The van der Waals surface area contributed by atoms with E-state index in [0.29, 0.717) is 6.42 Å². The van der Waals surface area contributed by atoms with E-state index in [9.17, 15) is 19.5 Å². The van der Waals surface area contributed by atoms with Crippen molar-refractivity contribution in [3.63, 3.8) is 0 Å². The minimum absolute atomic E-state index is 0.00463. The van der Waals surface area contributed by atoms with E-state index >= 15 is 0 Å². The van der Waals surface area contributed by atoms with Gasteiger partial charge in [-0.3, -0.25) is 9.69 Å². The SMILES string of the molecule is CC(C)C[C@@](C)(C(=O)O)N(C)C(=O)OCc1ccccc1.CNC(C)=O. The van der Waals surface area contributed by atoms with Crippen LogP contribution in [-0.4, -0.2) is 47.6 Å². The van der Waals surface area contributed by atoms with Crippen molar-refractivity contribution in [3.8, 4) is 0 Å². The Labute approximate surface area is 155 Å². The summed E-state index contributed by atoms with van der Waals surface area (Å²) in [5.41, 5.74) is -0.415. The predicted octanol–water partition coefficient (Wildman–Crippen LogP) is 2.90. The molecule has 1 aromatic rings. The van der Waals surface area contributed by atoms with Crippen LogP contribution in [-0.2, 0) is 20.9 Å². The lowest BCUT2D eigenvalue weighted by Gasteiger charge is -2.35. The summed E-state index contributed by atoms with van der Waals surface area (Å²) in [4.78, 5) is 34.5. The van der Waals surface area contributed by atoms with Gasteiger partial charge in [0.1, 0.15) is 12.1 Å². The van der Waals surface area contributed by atoms with Gasteiger partial charge >= 0.3 is 12.1 Å². The van der Waals surface area contributed by atoms with Crippen LogP contribution < -0.4 is 5.32 Å². The predicted molar refractivity (Wildman–Crippen MR) is 99.6 cm³/mol. The van der Waals surface area contributed by atoms with Crippen LogP contribution in [0.3, 0.4) is 0 Å². The van der Waals surface area contributed by atoms with Crippen molar-refractivity contribution in [2.75, 3.05) is 14.1 Å². The zero-order valence-electron chi connectivity index (χ0n) is 16.4. The molecule has 0 aliphatic carbocycles. The van der Waals surface area contributed by atoms with Gasteiger partial charge in [-0.05, 0) is 24.8 Å². The number of ether oxygens (including phenoxy) is 1. The highest BCUT2D eigenvalue weighted by Gasteiger charge is 2.41. The lowest BCUT2D eigenvalue weighted by atomic mass is 9.89. The van der Waals surface area contributed by atoms with E-state index in [-0.39, 0.29) is 18.4 Å². The van der Waals surface area contributed by atoms with Crippen molar-refractivity contribution in [1.29, 1.82) is 0 Å². The Morgan fingerprint density at radius 1 is 1.23 bits per heavy atom. The number of nitrogens with zero attached hydrogens (tertiary/aromatic N) is 1. The first-order valence-corrected chi connectivity index (χ1v) is 8.40. The number of aliphatic carboxylic acids is 1. The summed E-state index contributed by atoms with van der Waals surface area (Å²) < 4.78 is 5.19. The fourth-order valence-corrected chi connectivity index (χ4v) is 2.18. The Hall–Kier alpha value is -2.57. The summed E-state index contributed by atoms with van der Waals surface area (Å²) in [6.45, 7) is 6.98. The van der Waals surface area contributed by atoms with E-state index in [2.05, 4.69) is 5.32 Å². The highest BCUT2D eigenvalue weighted by molar-refractivity contribution is 5.83. The second-order valence-electron chi connectivity index (χ2n) is 6.58. The number of carbonyl (C=O) groups is 3. The summed E-state index contributed by atoms with van der Waals surface area (Å²) in [6.07, 6.45) is -0.274. The number of carbonyl (C=O) groups excluding carboxylic acids is 2. The standard InChI is InChI=1S/C16H23NO4.C3H7NO/c1-12(2)10-16(3,14(18)19)17(4)15(20)21-11-13-8-6-5-7-9-13;1-3(5)4-2/h5-9,12H,10-11H2,1-4H3,(H,18,19);1-2H3,(H,4,5)/t16-;/m0./s1. The topological polar surface area (TPSA) is 95.9 Å². The molecule has 7 nitrogen and oxygen atoms in total. The Morgan fingerprint density at radius 3 is 2.12 bits per heavy atom. The number of hydrogen-bond acceptors (Lipinski definition) is 4. The Morgan fingerprint density at radius 2 is 1.73 bits per heavy atom. The van der Waals surface area contributed by atoms with Crippen LogP contribution in [0, 0.1) is 5.92 Å². The number of carboxylic acids is 1. The second kappa shape index (κ2) is 11.1. The van der Waals surface area contributed by atoms with E-state index in [1.165, 1.54) is 14.0 Å². The summed E-state index contributed by atoms with van der Waals surface area (Å²) in [5.74, 6) is -0.879. The second-order valence-corrected chi connectivity index (χ2v) is 6.58. The molecule has 0 unspecified atom stereocenters. The maximum Gasteiger partial charge on any atom is 0.410 e. The monoisotopic (exact) mass is 366 g/mol. The smallest absolute Gasteiger partial charge is 0.410 e. The van der Waals surface area contributed by atoms with E-state index in [0.717, 1.165) is 10.5 Å². The molecule has 0 heterocycles. The van der Waals surface area contributed by atoms with Gasteiger partial charge in [-0.25, -0.2) is 9.59 Å². The summed E-state index contributed by atoms with van der Waals surface area (Å²) >= 11 is 0. The molecule has 1 aromatic carbocycles. The normalized spacial score (nSPS) is 12.3. The maximum atomic E-state index is 12.1. The minimum Gasteiger partial charge on any atom is -0.480 e. The van der Waals surface area contributed by atoms with E-state index in [1.54, 1.807) is 14.0 Å². The number of likely N-dealkylation sites (N-methyl/N-ethyl adjacent to an activating group) is 1. The molecule has 0 spiro atoms. The molecule has 0 aromatic heterocycles. The van der Waals surface area contributed by atoms with Crippen LogP contribution in [0.2, 0.25) is 0 Å². The lowest BCUT2D eigenvalue weighted by molar-refractivity contribution is -0.149. The van der Waals surface area contributed by atoms with Gasteiger partial charge in [0, 0.05) is 21.0 Å². The van der Waals surface area contributed by atoms with Crippen LogP contribution in [0.25, 0.3) is 0 Å². The van der Waals surface area contributed by atoms with Gasteiger partial charge in [-0.1, -0.05) is 44.2 Å². The highest BCUT2D eigenvalue weighted by Crippen LogP contribution is 2.24. The molecular formula is C19H30N2O5. The molecule has 26 heavy (non-hydrogen) atoms. The van der Waals surface area contributed by atoms with Crippen LogP contribution in [0.5, 0.6) is 0 Å². The summed E-state index contributed by atoms with van der Waals surface area (Å²) in [7, 11) is 3.06. The van der Waals surface area contributed by atoms with E-state index in [1.807, 2.05) is 44.2 Å². The molecule has 0 saturated carbocycles. The molecular weight excluding hydrogens is 336 g/mol. The van der Waals surface area contributed by atoms with Crippen molar-refractivity contribution in [2.45, 2.75) is 46.3 Å². The molecule has 0 aliphatic heterocycles. The zero-order chi connectivity index (χ0) is 20.3. The highest BCUT2D eigenvalue weighted by atomic mass is 16.6. The third-order valence-electron chi connectivity index (χ3n) is 3.84. The largest absolute Gasteiger partial charge is 0.480 e. The molecule has 7 heteroatoms. The number of carboxylic acid groups (broad SMARTS) is 1. The van der Waals surface area contributed by atoms with E-state index < -0.39 is 17.6 Å². The first-order chi connectivity index (χ1) is 12.0. The quantitative estimate of drug-likeness (QED) is 0.807. The van der Waals surface area contributed by atoms with Crippen molar-refractivity contribution in [2.24, 2.45) is 5.92 Å². The van der Waals surface area contributed by atoms with Gasteiger partial charge in [0.25, 0.3) is 0 Å². The van der Waals surface area contributed by atoms with Gasteiger partial charge in [0.2, 0.25) is 5.91 Å². The van der Waals surface area contributed by atoms with Crippen molar-refractivity contribution >= 4 is 18.0 Å². The maximum absolute atomic E-state index is 12.1. The fraction of sp³-hybridized carbons (Fsp3) is 0.526. The number of benzene rings is 1. The Kier molecular flexibility index (Phi) is 10.0. The summed E-state index contributed by atoms with van der Waals surface area (Å²) in [5, 5.41) is 11.8. The molecule has 0 bridgehead atoms. The van der Waals surface area contributed by atoms with Crippen molar-refractivity contribution in [3.05, 3.63) is 35.9 Å². The average Bonchev–Trinajstić information content (AvgIpc) is 2.59. The Balaban J connectivity index is 0.00000110. The number of rotatable bonds is 6. The van der Waals surface area contributed by atoms with Gasteiger partial charge in [-0.15, -0.1) is 0 Å². The molecule has 2 N–H and O–H groups in total. The van der Waals surface area contributed by atoms with Gasteiger partial charge < -0.3 is 15.2 Å². The fourth-order valence-electron chi connectivity index (χ4n) is 2.18. The first-order valence-electron chi connectivity index (χ1n) is 8.40. The number of amides is 2. The first kappa shape index (κ1) is 23.4. The van der Waals surface area contributed by atoms with Crippen LogP contribution in [0.15, 0.2) is 30.3 Å². The van der Waals surface area contributed by atoms with Crippen LogP contribution in [0.1, 0.15) is 39.7 Å². The van der Waals surface area contributed by atoms with Gasteiger partial charge in [-0.2, -0.15) is 0 Å².